The number of rotatable bonds is 6. The summed E-state index contributed by atoms with van der Waals surface area (Å²) in [6, 6.07) is 12.1. The second-order valence-corrected chi connectivity index (χ2v) is 7.76. The Hall–Kier alpha value is -2.73. The molecule has 4 rings (SSSR count). The maximum atomic E-state index is 12.5. The van der Waals surface area contributed by atoms with Gasteiger partial charge in [0.05, 0.1) is 29.5 Å². The number of amides is 1. The Bertz CT molecular complexity index is 959. The van der Waals surface area contributed by atoms with Crippen LogP contribution in [0, 0.1) is 12.8 Å². The maximum Gasteiger partial charge on any atom is 0.235 e. The van der Waals surface area contributed by atoms with Gasteiger partial charge in [-0.1, -0.05) is 30.3 Å². The normalized spacial score (nSPS) is 22.3. The van der Waals surface area contributed by atoms with Gasteiger partial charge in [0.2, 0.25) is 5.91 Å². The number of benzene rings is 1. The number of aromatic nitrogens is 2. The first-order valence-electron chi connectivity index (χ1n) is 9.72. The van der Waals surface area contributed by atoms with E-state index >= 15 is 0 Å². The summed E-state index contributed by atoms with van der Waals surface area (Å²) >= 11 is 0. The lowest BCUT2D eigenvalue weighted by Gasteiger charge is -2.45. The number of aliphatic hydroxyl groups is 1. The van der Waals surface area contributed by atoms with E-state index in [1.165, 1.54) is 12.5 Å². The Balaban J connectivity index is 1.60. The highest BCUT2D eigenvalue weighted by Crippen LogP contribution is 2.46. The first kappa shape index (κ1) is 18.6. The zero-order valence-electron chi connectivity index (χ0n) is 16.4. The summed E-state index contributed by atoms with van der Waals surface area (Å²) in [4.78, 5) is 26.3. The number of hydrogen-bond donors (Lipinski definition) is 1. The Morgan fingerprint density at radius 2 is 2.04 bits per heavy atom. The third-order valence-electron chi connectivity index (χ3n) is 5.81. The van der Waals surface area contributed by atoms with Crippen LogP contribution < -0.4 is 0 Å². The van der Waals surface area contributed by atoms with E-state index in [1.54, 1.807) is 11.8 Å². The lowest BCUT2D eigenvalue weighted by atomic mass is 9.83. The molecule has 0 radical (unpaired) electrons. The molecule has 1 fully saturated rings. The van der Waals surface area contributed by atoms with Gasteiger partial charge >= 0.3 is 0 Å². The second-order valence-electron chi connectivity index (χ2n) is 7.76. The highest BCUT2D eigenvalue weighted by molar-refractivity contribution is 6.08. The van der Waals surface area contributed by atoms with E-state index in [1.807, 2.05) is 35.9 Å². The fourth-order valence-corrected chi connectivity index (χ4v) is 4.41. The predicted octanol–water partition coefficient (Wildman–Crippen LogP) is 2.35. The van der Waals surface area contributed by atoms with Crippen LogP contribution in [0.25, 0.3) is 5.57 Å². The summed E-state index contributed by atoms with van der Waals surface area (Å²) in [5.41, 5.74) is 4.28. The number of allylic oxidation sites excluding steroid dienone is 1. The summed E-state index contributed by atoms with van der Waals surface area (Å²) < 4.78 is 1.95. The van der Waals surface area contributed by atoms with Crippen molar-refractivity contribution in [3.05, 3.63) is 59.0 Å². The van der Waals surface area contributed by atoms with Crippen LogP contribution in [0.2, 0.25) is 0 Å². The number of nitrogens with zero attached hydrogens (tertiary/aromatic N) is 3. The smallest absolute Gasteiger partial charge is 0.235 e. The minimum absolute atomic E-state index is 0.133. The molecule has 0 aliphatic carbocycles. The highest BCUT2D eigenvalue weighted by Gasteiger charge is 2.56. The molecule has 2 aromatic rings. The number of carbonyl (C=O) groups is 2. The third-order valence-corrected chi connectivity index (χ3v) is 5.81. The molecule has 1 aromatic carbocycles. The summed E-state index contributed by atoms with van der Waals surface area (Å²) in [7, 11) is 0. The molecule has 6 heteroatoms. The zero-order chi connectivity index (χ0) is 20.0. The van der Waals surface area contributed by atoms with Gasteiger partial charge in [0.1, 0.15) is 0 Å². The lowest BCUT2D eigenvalue weighted by molar-refractivity contribution is -0.158. The lowest BCUT2D eigenvalue weighted by Crippen LogP contribution is -2.61. The highest BCUT2D eigenvalue weighted by atomic mass is 16.3. The summed E-state index contributed by atoms with van der Waals surface area (Å²) in [5.74, 6) is -0.736. The van der Waals surface area contributed by atoms with E-state index < -0.39 is 12.0 Å². The molecule has 1 N–H and O–H groups in total. The van der Waals surface area contributed by atoms with Crippen LogP contribution >= 0.6 is 0 Å². The molecule has 1 saturated heterocycles. The average molecular weight is 379 g/mol. The van der Waals surface area contributed by atoms with Crippen molar-refractivity contribution in [3.8, 4) is 0 Å². The number of carbonyl (C=O) groups excluding carboxylic acids is 2. The zero-order valence-corrected chi connectivity index (χ0v) is 16.4. The van der Waals surface area contributed by atoms with Gasteiger partial charge in [-0.15, -0.1) is 0 Å². The fourth-order valence-electron chi connectivity index (χ4n) is 4.41. The summed E-state index contributed by atoms with van der Waals surface area (Å²) in [6.45, 7) is 5.87. The third kappa shape index (κ3) is 2.98. The molecule has 0 spiro atoms. The van der Waals surface area contributed by atoms with Gasteiger partial charge in [0, 0.05) is 24.7 Å². The Labute approximate surface area is 164 Å². The van der Waals surface area contributed by atoms with Crippen LogP contribution in [0.4, 0.5) is 0 Å². The van der Waals surface area contributed by atoms with Crippen molar-refractivity contribution in [1.82, 2.24) is 14.7 Å². The molecule has 3 heterocycles. The molecule has 2 unspecified atom stereocenters. The van der Waals surface area contributed by atoms with Crippen molar-refractivity contribution in [2.24, 2.45) is 5.92 Å². The molecule has 1 aromatic heterocycles. The number of hydrogen-bond acceptors (Lipinski definition) is 4. The van der Waals surface area contributed by atoms with Crippen molar-refractivity contribution in [3.63, 3.8) is 0 Å². The molecule has 1 amide bonds. The topological polar surface area (TPSA) is 75.4 Å². The van der Waals surface area contributed by atoms with Crippen molar-refractivity contribution in [2.45, 2.75) is 52.3 Å². The second kappa shape index (κ2) is 7.02. The molecule has 146 valence electrons. The van der Waals surface area contributed by atoms with Gasteiger partial charge in [-0.3, -0.25) is 14.3 Å². The number of aryl methyl sites for hydroxylation is 3. The standard InChI is InChI=1S/C22H25N3O3/c1-13-11-18(23-24(13)10-9-16-7-5-4-6-8-16)17-12-19-20(14(2)26)22(28)25(19)21(17)15(3)27/h4-8,11,14,19-20,26H,9-10,12H2,1-3H3/t14?,19?,20-/m1/s1. The first-order chi connectivity index (χ1) is 13.4. The van der Waals surface area contributed by atoms with Crippen molar-refractivity contribution < 1.29 is 14.7 Å². The van der Waals surface area contributed by atoms with Crippen LogP contribution in [0.1, 0.15) is 37.2 Å². The monoisotopic (exact) mass is 379 g/mol. The van der Waals surface area contributed by atoms with E-state index in [0.717, 1.165) is 29.9 Å². The molecule has 0 bridgehead atoms. The molecule has 28 heavy (non-hydrogen) atoms. The van der Waals surface area contributed by atoms with Gasteiger partial charge in [0.15, 0.2) is 5.78 Å². The van der Waals surface area contributed by atoms with Gasteiger partial charge in [-0.2, -0.15) is 5.10 Å². The van der Waals surface area contributed by atoms with E-state index in [2.05, 4.69) is 12.1 Å². The van der Waals surface area contributed by atoms with Crippen molar-refractivity contribution in [2.75, 3.05) is 0 Å². The maximum absolute atomic E-state index is 12.5. The number of aliphatic hydroxyl groups excluding tert-OH is 1. The summed E-state index contributed by atoms with van der Waals surface area (Å²) in [5, 5.41) is 14.7. The molecule has 2 aliphatic rings. The van der Waals surface area contributed by atoms with Crippen LogP contribution in [0.3, 0.4) is 0 Å². The van der Waals surface area contributed by atoms with Crippen LogP contribution in [0.5, 0.6) is 0 Å². The largest absolute Gasteiger partial charge is 0.393 e. The number of Topliss-reactive ketones (excluding diaryl/α,β-unsaturated/α-hetero) is 1. The SMILES string of the molecule is CC(=O)C1=C(c2cc(C)n(CCc3ccccc3)n2)CC2[C@@H](C(C)O)C(=O)N12. The number of β-lactam (4-membered cyclic amide) rings is 1. The quantitative estimate of drug-likeness (QED) is 0.782. The summed E-state index contributed by atoms with van der Waals surface area (Å²) in [6.07, 6.45) is 0.718. The van der Waals surface area contributed by atoms with Gasteiger partial charge in [-0.25, -0.2) is 0 Å². The average Bonchev–Trinajstić information content (AvgIpc) is 3.18. The first-order valence-corrected chi connectivity index (χ1v) is 9.72. The predicted molar refractivity (Wildman–Crippen MR) is 105 cm³/mol. The molecular formula is C22H25N3O3. The van der Waals surface area contributed by atoms with Gasteiger partial charge in [0.25, 0.3) is 0 Å². The minimum atomic E-state index is -0.716. The molecule has 3 atom stereocenters. The van der Waals surface area contributed by atoms with Crippen molar-refractivity contribution in [1.29, 1.82) is 0 Å². The molecule has 2 aliphatic heterocycles. The Morgan fingerprint density at radius 3 is 2.68 bits per heavy atom. The van der Waals surface area contributed by atoms with Crippen molar-refractivity contribution >= 4 is 17.3 Å². The number of fused-ring (bicyclic) bond motifs is 1. The fraction of sp³-hybridized carbons (Fsp3) is 0.409. The Morgan fingerprint density at radius 1 is 1.32 bits per heavy atom. The van der Waals surface area contributed by atoms with Gasteiger partial charge in [-0.05, 0) is 38.3 Å². The van der Waals surface area contributed by atoms with Crippen LogP contribution in [-0.4, -0.2) is 43.6 Å². The van der Waals surface area contributed by atoms with Crippen LogP contribution in [0.15, 0.2) is 42.1 Å². The van der Waals surface area contributed by atoms with E-state index in [9.17, 15) is 14.7 Å². The Kier molecular flexibility index (Phi) is 4.67. The van der Waals surface area contributed by atoms with E-state index in [4.69, 9.17) is 5.10 Å². The number of ketones is 1. The van der Waals surface area contributed by atoms with Crippen LogP contribution in [-0.2, 0) is 22.6 Å². The molecule has 0 saturated carbocycles. The van der Waals surface area contributed by atoms with Gasteiger partial charge < -0.3 is 10.0 Å². The van der Waals surface area contributed by atoms with E-state index in [-0.39, 0.29) is 17.7 Å². The molecular weight excluding hydrogens is 354 g/mol. The molecule has 6 nitrogen and oxygen atoms in total. The minimum Gasteiger partial charge on any atom is -0.393 e. The van der Waals surface area contributed by atoms with E-state index in [0.29, 0.717) is 12.1 Å².